The lowest BCUT2D eigenvalue weighted by molar-refractivity contribution is -0.123. The van der Waals surface area contributed by atoms with Gasteiger partial charge < -0.3 is 15.2 Å². The SMILES string of the molecule is CC(NC(=O)[C@@H]1C[C@H]1c1nc2ccccc2[nH]1)c1ccc(C(=O)N2CCCC2)s1. The van der Waals surface area contributed by atoms with Gasteiger partial charge in [0, 0.05) is 29.8 Å². The summed E-state index contributed by atoms with van der Waals surface area (Å²) in [4.78, 5) is 36.9. The number of amides is 2. The summed E-state index contributed by atoms with van der Waals surface area (Å²) in [7, 11) is 0. The number of carbonyl (C=O) groups excluding carboxylic acids is 2. The number of nitrogens with zero attached hydrogens (tertiary/aromatic N) is 2. The Labute approximate surface area is 173 Å². The topological polar surface area (TPSA) is 78.1 Å². The third-order valence-corrected chi connectivity index (χ3v) is 7.16. The van der Waals surface area contributed by atoms with Crippen LogP contribution in [0.3, 0.4) is 0 Å². The maximum absolute atomic E-state index is 12.7. The van der Waals surface area contributed by atoms with Crippen molar-refractivity contribution in [3.8, 4) is 0 Å². The van der Waals surface area contributed by atoms with E-state index in [1.165, 1.54) is 11.3 Å². The summed E-state index contributed by atoms with van der Waals surface area (Å²) in [5, 5.41) is 3.12. The number of imidazole rings is 1. The van der Waals surface area contributed by atoms with E-state index < -0.39 is 0 Å². The van der Waals surface area contributed by atoms with Crippen molar-refractivity contribution in [2.45, 2.75) is 38.1 Å². The van der Waals surface area contributed by atoms with Gasteiger partial charge in [-0.15, -0.1) is 11.3 Å². The van der Waals surface area contributed by atoms with Gasteiger partial charge in [-0.1, -0.05) is 12.1 Å². The summed E-state index contributed by atoms with van der Waals surface area (Å²) in [6, 6.07) is 11.7. The molecule has 0 bridgehead atoms. The molecule has 1 saturated carbocycles. The Morgan fingerprint density at radius 3 is 2.79 bits per heavy atom. The summed E-state index contributed by atoms with van der Waals surface area (Å²) < 4.78 is 0. The molecule has 3 heterocycles. The zero-order valence-corrected chi connectivity index (χ0v) is 17.2. The lowest BCUT2D eigenvalue weighted by atomic mass is 10.2. The number of carbonyl (C=O) groups is 2. The van der Waals surface area contributed by atoms with Gasteiger partial charge in [0.25, 0.3) is 5.91 Å². The van der Waals surface area contributed by atoms with E-state index in [2.05, 4.69) is 15.3 Å². The molecule has 5 rings (SSSR count). The number of hydrogen-bond donors (Lipinski definition) is 2. The first kappa shape index (κ1) is 18.4. The largest absolute Gasteiger partial charge is 0.349 e. The molecule has 0 radical (unpaired) electrons. The Hall–Kier alpha value is -2.67. The Kier molecular flexibility index (Phi) is 4.62. The molecule has 2 amide bonds. The molecule has 6 nitrogen and oxygen atoms in total. The summed E-state index contributed by atoms with van der Waals surface area (Å²) in [6.07, 6.45) is 3.00. The van der Waals surface area contributed by atoms with E-state index in [1.54, 1.807) is 0 Å². The van der Waals surface area contributed by atoms with Crippen LogP contribution in [0.4, 0.5) is 0 Å². The lowest BCUT2D eigenvalue weighted by Crippen LogP contribution is -2.28. The first-order valence-corrected chi connectivity index (χ1v) is 11.1. The second-order valence-electron chi connectivity index (χ2n) is 8.02. The Balaban J connectivity index is 1.20. The van der Waals surface area contributed by atoms with Gasteiger partial charge in [-0.3, -0.25) is 9.59 Å². The number of aromatic nitrogens is 2. The van der Waals surface area contributed by atoms with Crippen LogP contribution in [0.15, 0.2) is 36.4 Å². The fourth-order valence-corrected chi connectivity index (χ4v) is 5.08. The van der Waals surface area contributed by atoms with Gasteiger partial charge in [-0.25, -0.2) is 4.98 Å². The van der Waals surface area contributed by atoms with E-state index in [4.69, 9.17) is 0 Å². The number of thiophene rings is 1. The average molecular weight is 409 g/mol. The molecule has 0 spiro atoms. The van der Waals surface area contributed by atoms with E-state index >= 15 is 0 Å². The normalized spacial score (nSPS) is 22.0. The van der Waals surface area contributed by atoms with Crippen LogP contribution in [0.2, 0.25) is 0 Å². The van der Waals surface area contributed by atoms with Gasteiger partial charge in [-0.05, 0) is 50.5 Å². The van der Waals surface area contributed by atoms with E-state index in [0.29, 0.717) is 0 Å². The Bertz CT molecular complexity index is 1030. The van der Waals surface area contributed by atoms with Crippen LogP contribution in [-0.4, -0.2) is 39.8 Å². The number of hydrogen-bond acceptors (Lipinski definition) is 4. The Morgan fingerprint density at radius 2 is 2.00 bits per heavy atom. The summed E-state index contributed by atoms with van der Waals surface area (Å²) >= 11 is 1.49. The average Bonchev–Trinajstić information content (AvgIpc) is 3.16. The van der Waals surface area contributed by atoms with Crippen molar-refractivity contribution in [1.82, 2.24) is 20.2 Å². The number of fused-ring (bicyclic) bond motifs is 1. The van der Waals surface area contributed by atoms with Gasteiger partial charge in [0.1, 0.15) is 5.82 Å². The van der Waals surface area contributed by atoms with Crippen LogP contribution in [0, 0.1) is 5.92 Å². The van der Waals surface area contributed by atoms with Crippen LogP contribution in [0.1, 0.15) is 58.5 Å². The molecule has 1 aliphatic heterocycles. The van der Waals surface area contributed by atoms with Crippen LogP contribution in [-0.2, 0) is 4.79 Å². The predicted molar refractivity (Wildman–Crippen MR) is 113 cm³/mol. The van der Waals surface area contributed by atoms with Gasteiger partial charge in [0.05, 0.1) is 22.0 Å². The van der Waals surface area contributed by atoms with E-state index in [1.807, 2.05) is 48.2 Å². The number of aromatic amines is 1. The highest BCUT2D eigenvalue weighted by molar-refractivity contribution is 7.14. The maximum Gasteiger partial charge on any atom is 0.263 e. The zero-order chi connectivity index (χ0) is 20.0. The summed E-state index contributed by atoms with van der Waals surface area (Å²) in [6.45, 7) is 3.68. The minimum absolute atomic E-state index is 0.0383. The van der Waals surface area contributed by atoms with Gasteiger partial charge in [0.2, 0.25) is 5.91 Å². The molecule has 2 N–H and O–H groups in total. The summed E-state index contributed by atoms with van der Waals surface area (Å²) in [5.74, 6) is 1.19. The first-order chi connectivity index (χ1) is 14.1. The molecular weight excluding hydrogens is 384 g/mol. The number of H-pyrrole nitrogens is 1. The molecule has 1 unspecified atom stereocenters. The molecule has 7 heteroatoms. The highest BCUT2D eigenvalue weighted by Gasteiger charge is 2.46. The highest BCUT2D eigenvalue weighted by atomic mass is 32.1. The molecule has 150 valence electrons. The number of rotatable bonds is 5. The standard InChI is InChI=1S/C22H24N4O2S/c1-13(18-8-9-19(29-18)22(28)26-10-4-5-11-26)23-21(27)15-12-14(15)20-24-16-6-2-3-7-17(16)25-20/h2-3,6-9,13-15H,4-5,10-12H2,1H3,(H,23,27)(H,24,25)/t13?,14-,15-/m1/s1. The van der Waals surface area contributed by atoms with Crippen molar-refractivity contribution in [3.05, 3.63) is 52.0 Å². The van der Waals surface area contributed by atoms with Crippen molar-refractivity contribution in [2.24, 2.45) is 5.92 Å². The number of nitrogens with one attached hydrogen (secondary N) is 2. The molecule has 1 saturated heterocycles. The highest BCUT2D eigenvalue weighted by Crippen LogP contribution is 2.47. The molecule has 29 heavy (non-hydrogen) atoms. The summed E-state index contributed by atoms with van der Waals surface area (Å²) in [5.41, 5.74) is 1.95. The van der Waals surface area contributed by atoms with Gasteiger partial charge >= 0.3 is 0 Å². The van der Waals surface area contributed by atoms with E-state index in [-0.39, 0.29) is 29.7 Å². The van der Waals surface area contributed by atoms with Crippen molar-refractivity contribution >= 4 is 34.2 Å². The van der Waals surface area contributed by atoms with E-state index in [0.717, 1.165) is 59.0 Å². The smallest absolute Gasteiger partial charge is 0.263 e. The van der Waals surface area contributed by atoms with Crippen LogP contribution < -0.4 is 5.32 Å². The predicted octanol–water partition coefficient (Wildman–Crippen LogP) is 3.84. The molecule has 1 aromatic carbocycles. The Morgan fingerprint density at radius 1 is 1.21 bits per heavy atom. The van der Waals surface area contributed by atoms with Crippen molar-refractivity contribution < 1.29 is 9.59 Å². The second-order valence-corrected chi connectivity index (χ2v) is 9.13. The molecule has 1 aliphatic carbocycles. The van der Waals surface area contributed by atoms with Gasteiger partial charge in [-0.2, -0.15) is 0 Å². The molecule has 2 fully saturated rings. The third-order valence-electron chi connectivity index (χ3n) is 5.90. The molecule has 2 aromatic heterocycles. The molecule has 3 atom stereocenters. The van der Waals surface area contributed by atoms with E-state index in [9.17, 15) is 9.59 Å². The number of para-hydroxylation sites is 2. The van der Waals surface area contributed by atoms with Gasteiger partial charge in [0.15, 0.2) is 0 Å². The van der Waals surface area contributed by atoms with Crippen LogP contribution in [0.5, 0.6) is 0 Å². The molecule has 2 aliphatic rings. The van der Waals surface area contributed by atoms with Crippen molar-refractivity contribution in [1.29, 1.82) is 0 Å². The fraction of sp³-hybridized carbons (Fsp3) is 0.409. The lowest BCUT2D eigenvalue weighted by Gasteiger charge is -2.14. The zero-order valence-electron chi connectivity index (χ0n) is 16.4. The minimum atomic E-state index is -0.107. The maximum atomic E-state index is 12.7. The van der Waals surface area contributed by atoms with Crippen molar-refractivity contribution in [2.75, 3.05) is 13.1 Å². The number of benzene rings is 1. The molecule has 3 aromatic rings. The monoisotopic (exact) mass is 408 g/mol. The van der Waals surface area contributed by atoms with Crippen LogP contribution >= 0.6 is 11.3 Å². The molecular formula is C22H24N4O2S. The number of likely N-dealkylation sites (tertiary alicyclic amines) is 1. The quantitative estimate of drug-likeness (QED) is 0.673. The van der Waals surface area contributed by atoms with Crippen molar-refractivity contribution in [3.63, 3.8) is 0 Å². The minimum Gasteiger partial charge on any atom is -0.349 e. The first-order valence-electron chi connectivity index (χ1n) is 10.2. The van der Waals surface area contributed by atoms with Crippen LogP contribution in [0.25, 0.3) is 11.0 Å². The third kappa shape index (κ3) is 3.55. The second kappa shape index (κ2) is 7.30. The fourth-order valence-electron chi connectivity index (χ4n) is 4.10.